The Bertz CT molecular complexity index is 634. The molecule has 0 unspecified atom stereocenters. The molecule has 3 N–H and O–H groups in total. The summed E-state index contributed by atoms with van der Waals surface area (Å²) in [5, 5.41) is 2.77. The number of aromatic nitrogens is 2. The van der Waals surface area contributed by atoms with Crippen LogP contribution < -0.4 is 11.1 Å². The van der Waals surface area contributed by atoms with Gasteiger partial charge in [0.15, 0.2) is 0 Å². The fraction of sp³-hybridized carbons (Fsp3) is 0.231. The molecule has 0 spiro atoms. The van der Waals surface area contributed by atoms with Crippen LogP contribution in [-0.2, 0) is 6.42 Å². The average molecular weight is 343 g/mol. The van der Waals surface area contributed by atoms with Crippen LogP contribution in [0.2, 0.25) is 0 Å². The second-order valence-electron chi connectivity index (χ2n) is 4.21. The summed E-state index contributed by atoms with van der Waals surface area (Å²) < 4.78 is 27.3. The molecule has 0 amide bonds. The zero-order valence-electron chi connectivity index (χ0n) is 10.8. The summed E-state index contributed by atoms with van der Waals surface area (Å²) in [6, 6.07) is 2.12. The minimum absolute atomic E-state index is 0.00107. The molecule has 0 aliphatic heterocycles. The van der Waals surface area contributed by atoms with E-state index in [-0.39, 0.29) is 10.2 Å². The lowest BCUT2D eigenvalue weighted by Gasteiger charge is -2.12. The van der Waals surface area contributed by atoms with Gasteiger partial charge in [-0.1, -0.05) is 13.3 Å². The van der Waals surface area contributed by atoms with Crippen LogP contribution in [-0.4, -0.2) is 9.97 Å². The van der Waals surface area contributed by atoms with Crippen LogP contribution in [0.25, 0.3) is 0 Å². The molecule has 1 aromatic heterocycles. The van der Waals surface area contributed by atoms with Crippen molar-refractivity contribution in [2.24, 2.45) is 0 Å². The van der Waals surface area contributed by atoms with Crippen molar-refractivity contribution in [3.63, 3.8) is 0 Å². The van der Waals surface area contributed by atoms with Gasteiger partial charge in [-0.2, -0.15) is 0 Å². The Kier molecular flexibility index (Phi) is 4.49. The number of nitrogens with one attached hydrogen (secondary N) is 1. The van der Waals surface area contributed by atoms with E-state index in [2.05, 4.69) is 31.2 Å². The lowest BCUT2D eigenvalue weighted by molar-refractivity contribution is 0.597. The average Bonchev–Trinajstić information content (AvgIpc) is 2.40. The standard InChI is InChI=1S/C13H13BrF2N4/c1-2-3-7-12(17)18-6-19-13(7)20-11-5-9(15)8(14)4-10(11)16/h4-6H,2-3H2,1H3,(H3,17,18,19,20). The van der Waals surface area contributed by atoms with Crippen LogP contribution in [0.3, 0.4) is 0 Å². The number of halogens is 3. The Labute approximate surface area is 123 Å². The minimum Gasteiger partial charge on any atom is -0.383 e. The van der Waals surface area contributed by atoms with Gasteiger partial charge in [-0.05, 0) is 28.4 Å². The SMILES string of the molecule is CCCc1c(N)ncnc1Nc1cc(F)c(Br)cc1F. The monoisotopic (exact) mass is 342 g/mol. The Hall–Kier alpha value is -1.76. The number of benzene rings is 1. The van der Waals surface area contributed by atoms with Gasteiger partial charge in [-0.25, -0.2) is 18.7 Å². The van der Waals surface area contributed by atoms with Crippen molar-refractivity contribution in [2.75, 3.05) is 11.1 Å². The molecule has 0 aliphatic rings. The normalized spacial score (nSPS) is 10.6. The number of rotatable bonds is 4. The van der Waals surface area contributed by atoms with E-state index in [9.17, 15) is 8.78 Å². The van der Waals surface area contributed by atoms with Crippen molar-refractivity contribution in [3.8, 4) is 0 Å². The third-order valence-electron chi connectivity index (χ3n) is 2.74. The second kappa shape index (κ2) is 6.13. The number of hydrogen-bond acceptors (Lipinski definition) is 4. The van der Waals surface area contributed by atoms with E-state index in [1.54, 1.807) is 0 Å². The largest absolute Gasteiger partial charge is 0.383 e. The van der Waals surface area contributed by atoms with Crippen molar-refractivity contribution in [1.82, 2.24) is 9.97 Å². The molecule has 20 heavy (non-hydrogen) atoms. The Morgan fingerprint density at radius 1 is 1.25 bits per heavy atom. The molecule has 2 rings (SSSR count). The maximum atomic E-state index is 13.8. The molecule has 4 nitrogen and oxygen atoms in total. The van der Waals surface area contributed by atoms with E-state index in [4.69, 9.17) is 5.73 Å². The molecule has 0 atom stereocenters. The second-order valence-corrected chi connectivity index (χ2v) is 5.06. The summed E-state index contributed by atoms with van der Waals surface area (Å²) in [7, 11) is 0. The van der Waals surface area contributed by atoms with Crippen molar-refractivity contribution < 1.29 is 8.78 Å². The van der Waals surface area contributed by atoms with Crippen molar-refractivity contribution >= 4 is 33.3 Å². The summed E-state index contributed by atoms with van der Waals surface area (Å²) in [6.45, 7) is 1.98. The summed E-state index contributed by atoms with van der Waals surface area (Å²) in [5.74, 6) is -0.423. The van der Waals surface area contributed by atoms with Crippen LogP contribution in [0.15, 0.2) is 22.9 Å². The Morgan fingerprint density at radius 3 is 2.70 bits per heavy atom. The minimum atomic E-state index is -0.585. The lowest BCUT2D eigenvalue weighted by Crippen LogP contribution is -2.06. The van der Waals surface area contributed by atoms with Gasteiger partial charge in [0, 0.05) is 11.6 Å². The molecule has 1 heterocycles. The number of hydrogen-bond donors (Lipinski definition) is 2. The molecule has 2 aromatic rings. The maximum absolute atomic E-state index is 13.8. The Morgan fingerprint density at radius 2 is 2.00 bits per heavy atom. The van der Waals surface area contributed by atoms with Gasteiger partial charge in [0.1, 0.15) is 29.6 Å². The van der Waals surface area contributed by atoms with Crippen molar-refractivity contribution in [2.45, 2.75) is 19.8 Å². The molecule has 7 heteroatoms. The van der Waals surface area contributed by atoms with E-state index in [0.717, 1.165) is 18.6 Å². The first kappa shape index (κ1) is 14.6. The highest BCUT2D eigenvalue weighted by atomic mass is 79.9. The van der Waals surface area contributed by atoms with E-state index in [1.165, 1.54) is 6.33 Å². The van der Waals surface area contributed by atoms with Gasteiger partial charge >= 0.3 is 0 Å². The molecule has 1 aromatic carbocycles. The first-order chi connectivity index (χ1) is 9.52. The molecule has 0 saturated heterocycles. The molecule has 106 valence electrons. The van der Waals surface area contributed by atoms with Gasteiger partial charge in [0.2, 0.25) is 0 Å². The fourth-order valence-corrected chi connectivity index (χ4v) is 2.09. The smallest absolute Gasteiger partial charge is 0.148 e. The third kappa shape index (κ3) is 3.04. The van der Waals surface area contributed by atoms with Crippen LogP contribution in [0.4, 0.5) is 26.1 Å². The highest BCUT2D eigenvalue weighted by Crippen LogP contribution is 2.28. The molecule has 0 bridgehead atoms. The van der Waals surface area contributed by atoms with E-state index in [0.29, 0.717) is 23.6 Å². The van der Waals surface area contributed by atoms with E-state index in [1.807, 2.05) is 6.92 Å². The van der Waals surface area contributed by atoms with Gasteiger partial charge < -0.3 is 11.1 Å². The van der Waals surface area contributed by atoms with Gasteiger partial charge in [0.25, 0.3) is 0 Å². The Balaban J connectivity index is 2.40. The molecule has 0 saturated carbocycles. The van der Waals surface area contributed by atoms with Crippen LogP contribution in [0, 0.1) is 11.6 Å². The fourth-order valence-electron chi connectivity index (χ4n) is 1.78. The number of nitrogens with zero attached hydrogens (tertiary/aromatic N) is 2. The summed E-state index contributed by atoms with van der Waals surface area (Å²) in [4.78, 5) is 7.95. The summed E-state index contributed by atoms with van der Waals surface area (Å²) >= 11 is 2.93. The number of nitrogens with two attached hydrogens (primary N) is 1. The predicted molar refractivity (Wildman–Crippen MR) is 77.8 cm³/mol. The zero-order chi connectivity index (χ0) is 14.7. The van der Waals surface area contributed by atoms with Gasteiger partial charge in [-0.3, -0.25) is 0 Å². The number of anilines is 3. The molecule has 0 radical (unpaired) electrons. The molecular formula is C13H13BrF2N4. The topological polar surface area (TPSA) is 63.8 Å². The van der Waals surface area contributed by atoms with Crippen LogP contribution in [0.5, 0.6) is 0 Å². The molecule has 0 fully saturated rings. The highest BCUT2D eigenvalue weighted by Gasteiger charge is 2.13. The van der Waals surface area contributed by atoms with Crippen molar-refractivity contribution in [3.05, 3.63) is 40.1 Å². The van der Waals surface area contributed by atoms with E-state index < -0.39 is 11.6 Å². The lowest BCUT2D eigenvalue weighted by atomic mass is 10.1. The number of nitrogen functional groups attached to an aromatic ring is 1. The zero-order valence-corrected chi connectivity index (χ0v) is 12.3. The third-order valence-corrected chi connectivity index (χ3v) is 3.35. The highest BCUT2D eigenvalue weighted by molar-refractivity contribution is 9.10. The van der Waals surface area contributed by atoms with Crippen LogP contribution >= 0.6 is 15.9 Å². The van der Waals surface area contributed by atoms with Gasteiger partial charge in [-0.15, -0.1) is 0 Å². The quantitative estimate of drug-likeness (QED) is 0.829. The first-order valence-electron chi connectivity index (χ1n) is 6.03. The summed E-state index contributed by atoms with van der Waals surface area (Å²) in [5.41, 5.74) is 6.48. The van der Waals surface area contributed by atoms with Gasteiger partial charge in [0.05, 0.1) is 10.2 Å². The summed E-state index contributed by atoms with van der Waals surface area (Å²) in [6.07, 6.45) is 2.77. The molecule has 0 aliphatic carbocycles. The predicted octanol–water partition coefficient (Wildman–Crippen LogP) is 3.80. The molecular weight excluding hydrogens is 330 g/mol. The van der Waals surface area contributed by atoms with E-state index >= 15 is 0 Å². The van der Waals surface area contributed by atoms with Crippen LogP contribution in [0.1, 0.15) is 18.9 Å². The van der Waals surface area contributed by atoms with Crippen molar-refractivity contribution in [1.29, 1.82) is 0 Å². The first-order valence-corrected chi connectivity index (χ1v) is 6.83. The maximum Gasteiger partial charge on any atom is 0.148 e.